The van der Waals surface area contributed by atoms with Gasteiger partial charge in [0.1, 0.15) is 6.10 Å². The predicted molar refractivity (Wildman–Crippen MR) is 75.3 cm³/mol. The van der Waals surface area contributed by atoms with E-state index in [2.05, 4.69) is 20.8 Å². The van der Waals surface area contributed by atoms with Gasteiger partial charge in [-0.3, -0.25) is 4.79 Å². The average molecular weight is 298 g/mol. The zero-order valence-electron chi connectivity index (χ0n) is 13.2. The molecule has 3 fully saturated rings. The summed E-state index contributed by atoms with van der Waals surface area (Å²) in [5, 5.41) is 0. The molecular weight excluding hydrogens is 272 g/mol. The first-order valence-corrected chi connectivity index (χ1v) is 8.13. The largest absolute Gasteiger partial charge is 0.433 e. The number of hydrogen-bond donors (Lipinski definition) is 0. The number of carbonyl (C=O) groups excluding carboxylic acids is 1. The number of esters is 1. The molecule has 1 spiro atoms. The number of carbonyl (C=O) groups is 1. The van der Waals surface area contributed by atoms with Gasteiger partial charge in [0.05, 0.1) is 19.6 Å². The van der Waals surface area contributed by atoms with Crippen LogP contribution in [0.2, 0.25) is 0 Å². The summed E-state index contributed by atoms with van der Waals surface area (Å²) in [6.07, 6.45) is 2.40. The first-order chi connectivity index (χ1) is 10.00. The maximum absolute atomic E-state index is 12.2. The first-order valence-electron chi connectivity index (χ1n) is 8.13. The van der Waals surface area contributed by atoms with Crippen molar-refractivity contribution in [2.45, 2.75) is 64.6 Å². The van der Waals surface area contributed by atoms with Crippen molar-refractivity contribution in [3.05, 3.63) is 0 Å². The molecule has 5 nitrogen and oxygen atoms in total. The normalized spacial score (nSPS) is 41.7. The Morgan fingerprint density at radius 3 is 2.57 bits per heavy atom. The summed E-state index contributed by atoms with van der Waals surface area (Å²) in [5.74, 6) is 0.166. The maximum Gasteiger partial charge on any atom is 0.311 e. The Labute approximate surface area is 126 Å². The zero-order valence-corrected chi connectivity index (χ0v) is 13.2. The van der Waals surface area contributed by atoms with E-state index in [1.165, 1.54) is 0 Å². The van der Waals surface area contributed by atoms with Crippen LogP contribution in [0.1, 0.15) is 46.5 Å². The number of hydrogen-bond acceptors (Lipinski definition) is 5. The predicted octanol–water partition coefficient (Wildman–Crippen LogP) is 2.48. The number of ether oxygens (including phenoxy) is 4. The highest BCUT2D eigenvalue weighted by Crippen LogP contribution is 2.47. The van der Waals surface area contributed by atoms with E-state index >= 15 is 0 Å². The van der Waals surface area contributed by atoms with Crippen LogP contribution in [-0.2, 0) is 23.7 Å². The minimum atomic E-state index is -0.791. The highest BCUT2D eigenvalue weighted by molar-refractivity contribution is 5.71. The van der Waals surface area contributed by atoms with E-state index in [0.29, 0.717) is 25.0 Å². The van der Waals surface area contributed by atoms with Crippen molar-refractivity contribution >= 4 is 5.97 Å². The summed E-state index contributed by atoms with van der Waals surface area (Å²) in [6.45, 7) is 7.67. The van der Waals surface area contributed by atoms with Crippen LogP contribution in [0.25, 0.3) is 0 Å². The SMILES string of the molecule is CC(C)[C@@H]1CC[C@@H](C)C[C@@]12OC(=O)C[C@@H](C1OCCO1)O2. The molecule has 3 aliphatic rings. The molecule has 1 saturated carbocycles. The van der Waals surface area contributed by atoms with Crippen molar-refractivity contribution in [1.82, 2.24) is 0 Å². The smallest absolute Gasteiger partial charge is 0.311 e. The Morgan fingerprint density at radius 2 is 1.90 bits per heavy atom. The van der Waals surface area contributed by atoms with Crippen LogP contribution in [0.5, 0.6) is 0 Å². The zero-order chi connectivity index (χ0) is 15.0. The van der Waals surface area contributed by atoms with E-state index in [1.54, 1.807) is 0 Å². The molecule has 3 rings (SSSR count). The molecule has 0 aromatic heterocycles. The van der Waals surface area contributed by atoms with Gasteiger partial charge in [0, 0.05) is 12.3 Å². The standard InChI is InChI=1S/C16H26O5/c1-10(2)12-5-4-11(3)9-16(12)20-13(8-14(17)21-16)15-18-6-7-19-15/h10-13,15H,4-9H2,1-3H3/t11-,12+,13+,16-/m1/s1. The Kier molecular flexibility index (Phi) is 4.26. The van der Waals surface area contributed by atoms with Crippen molar-refractivity contribution in [2.24, 2.45) is 17.8 Å². The molecule has 2 saturated heterocycles. The van der Waals surface area contributed by atoms with Crippen LogP contribution in [0.15, 0.2) is 0 Å². The van der Waals surface area contributed by atoms with Crippen LogP contribution >= 0.6 is 0 Å². The van der Waals surface area contributed by atoms with Gasteiger partial charge in [-0.05, 0) is 24.7 Å². The van der Waals surface area contributed by atoms with Crippen molar-refractivity contribution in [2.75, 3.05) is 13.2 Å². The fraction of sp³-hybridized carbons (Fsp3) is 0.938. The van der Waals surface area contributed by atoms with Crippen molar-refractivity contribution in [1.29, 1.82) is 0 Å². The molecule has 2 aliphatic heterocycles. The lowest BCUT2D eigenvalue weighted by Crippen LogP contribution is -2.58. The topological polar surface area (TPSA) is 54.0 Å². The molecule has 21 heavy (non-hydrogen) atoms. The molecular formula is C16H26O5. The Hall–Kier alpha value is -0.650. The molecule has 120 valence electrons. The van der Waals surface area contributed by atoms with Gasteiger partial charge in [0.15, 0.2) is 6.29 Å². The van der Waals surface area contributed by atoms with Crippen LogP contribution in [0.3, 0.4) is 0 Å². The molecule has 0 amide bonds. The summed E-state index contributed by atoms with van der Waals surface area (Å²) in [4.78, 5) is 12.2. The van der Waals surface area contributed by atoms with Gasteiger partial charge in [-0.1, -0.05) is 20.8 Å². The van der Waals surface area contributed by atoms with Crippen molar-refractivity contribution in [3.63, 3.8) is 0 Å². The summed E-state index contributed by atoms with van der Waals surface area (Å²) < 4.78 is 23.2. The molecule has 1 aliphatic carbocycles. The van der Waals surface area contributed by atoms with E-state index < -0.39 is 12.1 Å². The summed E-state index contributed by atoms with van der Waals surface area (Å²) in [5.41, 5.74) is 0. The first kappa shape index (κ1) is 15.3. The molecule has 5 heteroatoms. The third kappa shape index (κ3) is 2.96. The lowest BCUT2D eigenvalue weighted by atomic mass is 9.72. The van der Waals surface area contributed by atoms with E-state index in [9.17, 15) is 4.79 Å². The van der Waals surface area contributed by atoms with Crippen LogP contribution < -0.4 is 0 Å². The van der Waals surface area contributed by atoms with Gasteiger partial charge >= 0.3 is 5.97 Å². The van der Waals surface area contributed by atoms with E-state index in [1.807, 2.05) is 0 Å². The van der Waals surface area contributed by atoms with Gasteiger partial charge in [0.2, 0.25) is 5.79 Å². The van der Waals surface area contributed by atoms with Crippen LogP contribution in [0.4, 0.5) is 0 Å². The van der Waals surface area contributed by atoms with Gasteiger partial charge in [-0.25, -0.2) is 0 Å². The second kappa shape index (κ2) is 5.86. The third-order valence-electron chi connectivity index (χ3n) is 4.93. The summed E-state index contributed by atoms with van der Waals surface area (Å²) >= 11 is 0. The quantitative estimate of drug-likeness (QED) is 0.733. The minimum Gasteiger partial charge on any atom is -0.433 e. The fourth-order valence-electron chi connectivity index (χ4n) is 3.98. The van der Waals surface area contributed by atoms with Crippen molar-refractivity contribution < 1.29 is 23.7 Å². The van der Waals surface area contributed by atoms with Crippen molar-refractivity contribution in [3.8, 4) is 0 Å². The van der Waals surface area contributed by atoms with Gasteiger partial charge in [0.25, 0.3) is 0 Å². The third-order valence-corrected chi connectivity index (χ3v) is 4.93. The van der Waals surface area contributed by atoms with E-state index in [0.717, 1.165) is 19.3 Å². The fourth-order valence-corrected chi connectivity index (χ4v) is 3.98. The van der Waals surface area contributed by atoms with E-state index in [-0.39, 0.29) is 24.4 Å². The molecule has 0 aromatic rings. The molecule has 0 radical (unpaired) electrons. The van der Waals surface area contributed by atoms with Gasteiger partial charge < -0.3 is 18.9 Å². The lowest BCUT2D eigenvalue weighted by Gasteiger charge is -2.50. The maximum atomic E-state index is 12.2. The van der Waals surface area contributed by atoms with Gasteiger partial charge in [-0.2, -0.15) is 0 Å². The number of rotatable bonds is 2. The van der Waals surface area contributed by atoms with Crippen LogP contribution in [-0.4, -0.2) is 37.4 Å². The average Bonchev–Trinajstić information content (AvgIpc) is 2.90. The summed E-state index contributed by atoms with van der Waals surface area (Å²) in [7, 11) is 0. The van der Waals surface area contributed by atoms with Gasteiger partial charge in [-0.15, -0.1) is 0 Å². The second-order valence-electron chi connectivity index (χ2n) is 6.99. The Balaban J connectivity index is 1.83. The molecule has 0 N–H and O–H groups in total. The monoisotopic (exact) mass is 298 g/mol. The Bertz CT molecular complexity index is 390. The highest BCUT2D eigenvalue weighted by Gasteiger charge is 2.54. The second-order valence-corrected chi connectivity index (χ2v) is 6.99. The molecule has 2 heterocycles. The minimum absolute atomic E-state index is 0.190. The summed E-state index contributed by atoms with van der Waals surface area (Å²) in [6, 6.07) is 0. The highest BCUT2D eigenvalue weighted by atomic mass is 16.8. The molecule has 0 bridgehead atoms. The lowest BCUT2D eigenvalue weighted by molar-refractivity contribution is -0.338. The Morgan fingerprint density at radius 1 is 1.19 bits per heavy atom. The van der Waals surface area contributed by atoms with Crippen LogP contribution in [0, 0.1) is 17.8 Å². The molecule has 0 unspecified atom stereocenters. The molecule has 4 atom stereocenters. The van der Waals surface area contributed by atoms with E-state index in [4.69, 9.17) is 18.9 Å². The molecule has 0 aromatic carbocycles.